The van der Waals surface area contributed by atoms with E-state index < -0.39 is 46.9 Å². The minimum Gasteiger partial charge on any atom is -0.544 e. The number of carbonyl (C=O) groups is 2. The van der Waals surface area contributed by atoms with Crippen molar-refractivity contribution in [2.45, 2.75) is 95.4 Å². The highest BCUT2D eigenvalue weighted by molar-refractivity contribution is 6.30. The third-order valence-corrected chi connectivity index (χ3v) is 10.5. The topological polar surface area (TPSA) is 119 Å². The number of ether oxygens (including phenoxy) is 1. The molecule has 5 rings (SSSR count). The summed E-state index contributed by atoms with van der Waals surface area (Å²) in [6.45, 7) is 7.05. The molecule has 216 valence electrons. The highest BCUT2D eigenvalue weighted by atomic mass is 35.5. The number of likely N-dealkylation sites (N-methyl/N-ethyl adjacent to an activating group) is 2. The molecule has 2 saturated heterocycles. The number of carboxylic acids is 1. The van der Waals surface area contributed by atoms with Crippen LogP contribution in [0.15, 0.2) is 34.5 Å². The van der Waals surface area contributed by atoms with Gasteiger partial charge >= 0.3 is 5.97 Å². The number of aliphatic hydroxyl groups is 2. The molecule has 0 aromatic rings. The van der Waals surface area contributed by atoms with E-state index in [1.54, 1.807) is 0 Å². The van der Waals surface area contributed by atoms with Crippen molar-refractivity contribution < 1.29 is 39.1 Å². The molecule has 10 heteroatoms. The van der Waals surface area contributed by atoms with Crippen molar-refractivity contribution >= 4 is 23.5 Å². The first-order valence-electron chi connectivity index (χ1n) is 14.1. The number of carbonyl (C=O) groups excluding carboxylic acids is 2. The smallest absolute Gasteiger partial charge is 0.304 e. The van der Waals surface area contributed by atoms with Crippen LogP contribution in [0.5, 0.6) is 0 Å². The molecule has 9 nitrogen and oxygen atoms in total. The zero-order valence-corrected chi connectivity index (χ0v) is 24.4. The van der Waals surface area contributed by atoms with Gasteiger partial charge in [-0.1, -0.05) is 49.6 Å². The lowest BCUT2D eigenvalue weighted by atomic mass is 9.56. The summed E-state index contributed by atoms with van der Waals surface area (Å²) in [6, 6.07) is -0.154. The van der Waals surface area contributed by atoms with Crippen molar-refractivity contribution in [3.05, 3.63) is 34.5 Å². The Kier molecular flexibility index (Phi) is 6.93. The van der Waals surface area contributed by atoms with E-state index in [4.69, 9.17) is 21.2 Å². The number of allylic oxidation sites excluding steroid dienone is 3. The fraction of sp³-hybridized carbons (Fsp3) is 0.724. The molecule has 2 aliphatic heterocycles. The molecule has 9 atom stereocenters. The maximum atomic E-state index is 13.3. The maximum Gasteiger partial charge on any atom is 0.304 e. The van der Waals surface area contributed by atoms with Crippen molar-refractivity contribution in [1.82, 2.24) is 4.90 Å². The van der Waals surface area contributed by atoms with Crippen LogP contribution >= 0.6 is 11.6 Å². The van der Waals surface area contributed by atoms with Gasteiger partial charge in [-0.05, 0) is 52.5 Å². The minimum absolute atomic E-state index is 0.0472. The second-order valence-electron chi connectivity index (χ2n) is 12.7. The molecule has 0 radical (unpaired) electrons. The lowest BCUT2D eigenvalue weighted by molar-refractivity contribution is -1.09. The molecule has 0 spiro atoms. The van der Waals surface area contributed by atoms with Gasteiger partial charge in [0, 0.05) is 18.8 Å². The molecular formula is C29H41ClN2O7. The molecule has 0 aromatic heterocycles. The average molecular weight is 565 g/mol. The monoisotopic (exact) mass is 564 g/mol. The molecule has 2 N–H and O–H groups in total. The molecule has 5 aliphatic rings. The third kappa shape index (κ3) is 3.77. The predicted octanol–water partition coefficient (Wildman–Crippen LogP) is 2.33. The molecule has 0 amide bonds. The summed E-state index contributed by atoms with van der Waals surface area (Å²) in [6.07, 6.45) is 8.37. The van der Waals surface area contributed by atoms with Crippen LogP contribution in [0.3, 0.4) is 0 Å². The van der Waals surface area contributed by atoms with Gasteiger partial charge in [-0.2, -0.15) is 4.84 Å². The van der Waals surface area contributed by atoms with Gasteiger partial charge in [0.2, 0.25) is 12.0 Å². The number of nitrogens with zero attached hydrogens (tertiary/aromatic N) is 2. The van der Waals surface area contributed by atoms with E-state index in [9.17, 15) is 24.9 Å². The highest BCUT2D eigenvalue weighted by Gasteiger charge is 2.79. The van der Waals surface area contributed by atoms with Crippen molar-refractivity contribution in [2.24, 2.45) is 23.7 Å². The van der Waals surface area contributed by atoms with E-state index in [1.165, 1.54) is 11.9 Å². The Morgan fingerprint density at radius 3 is 2.62 bits per heavy atom. The van der Waals surface area contributed by atoms with E-state index in [0.29, 0.717) is 35.6 Å². The van der Waals surface area contributed by atoms with Crippen LogP contribution in [0.25, 0.3) is 0 Å². The Bertz CT molecular complexity index is 1170. The molecule has 3 aliphatic carbocycles. The lowest BCUT2D eigenvalue weighted by Gasteiger charge is -2.56. The highest BCUT2D eigenvalue weighted by Crippen LogP contribution is 2.63. The quantitative estimate of drug-likeness (QED) is 0.303. The van der Waals surface area contributed by atoms with E-state index >= 15 is 0 Å². The Morgan fingerprint density at radius 2 is 2.00 bits per heavy atom. The largest absolute Gasteiger partial charge is 0.544 e. The summed E-state index contributed by atoms with van der Waals surface area (Å²) in [5, 5.41) is 39.2. The summed E-state index contributed by atoms with van der Waals surface area (Å²) in [5.41, 5.74) is -4.67. The van der Waals surface area contributed by atoms with Gasteiger partial charge < -0.3 is 24.9 Å². The fourth-order valence-corrected chi connectivity index (χ4v) is 8.69. The van der Waals surface area contributed by atoms with Crippen LogP contribution in [0.4, 0.5) is 0 Å². The Hall–Kier alpha value is -1.75. The fourth-order valence-electron chi connectivity index (χ4n) is 8.18. The lowest BCUT2D eigenvalue weighted by Crippen LogP contribution is -2.68. The van der Waals surface area contributed by atoms with Crippen LogP contribution in [0.1, 0.15) is 66.2 Å². The van der Waals surface area contributed by atoms with Crippen LogP contribution in [-0.2, 0) is 19.2 Å². The summed E-state index contributed by atoms with van der Waals surface area (Å²) in [7, 11) is 3.32. The van der Waals surface area contributed by atoms with Gasteiger partial charge in [0.15, 0.2) is 5.70 Å². The number of hydrogen-bond donors (Lipinski definition) is 2. The van der Waals surface area contributed by atoms with E-state index in [-0.39, 0.29) is 22.5 Å². The van der Waals surface area contributed by atoms with Crippen LogP contribution in [0, 0.1) is 23.7 Å². The number of esters is 1. The zero-order chi connectivity index (χ0) is 28.7. The van der Waals surface area contributed by atoms with Gasteiger partial charge in [0.1, 0.15) is 24.7 Å². The Balaban J connectivity index is 1.83. The molecule has 39 heavy (non-hydrogen) atoms. The van der Waals surface area contributed by atoms with E-state index in [1.807, 2.05) is 46.0 Å². The van der Waals surface area contributed by atoms with Gasteiger partial charge in [-0.3, -0.25) is 4.79 Å². The number of likely N-dealkylation sites (tertiary alicyclic amines) is 1. The second kappa shape index (κ2) is 9.39. The molecule has 0 aromatic carbocycles. The molecule has 2 heterocycles. The van der Waals surface area contributed by atoms with Gasteiger partial charge in [-0.15, -0.1) is 4.65 Å². The van der Waals surface area contributed by atoms with E-state index in [0.717, 1.165) is 26.2 Å². The Labute approximate surface area is 235 Å². The average Bonchev–Trinajstić information content (AvgIpc) is 3.02. The molecule has 1 saturated carbocycles. The summed E-state index contributed by atoms with van der Waals surface area (Å²) in [4.78, 5) is 33.9. The maximum absolute atomic E-state index is 13.3. The van der Waals surface area contributed by atoms with E-state index in [2.05, 4.69) is 0 Å². The third-order valence-electron chi connectivity index (χ3n) is 10.2. The summed E-state index contributed by atoms with van der Waals surface area (Å²) < 4.78 is 5.64. The van der Waals surface area contributed by atoms with Gasteiger partial charge in [0.05, 0.1) is 22.1 Å². The Morgan fingerprint density at radius 1 is 1.31 bits per heavy atom. The van der Waals surface area contributed by atoms with Gasteiger partial charge in [-0.25, -0.2) is 4.90 Å². The zero-order valence-electron chi connectivity index (χ0n) is 23.6. The second-order valence-corrected chi connectivity index (χ2v) is 13.1. The predicted molar refractivity (Wildman–Crippen MR) is 141 cm³/mol. The van der Waals surface area contributed by atoms with Crippen molar-refractivity contribution in [1.29, 1.82) is 0 Å². The number of hydrogen-bond acceptors (Lipinski definition) is 8. The normalized spacial score (nSPS) is 45.9. The number of quaternary nitrogens is 1. The van der Waals surface area contributed by atoms with Crippen LogP contribution in [0.2, 0.25) is 0 Å². The first-order chi connectivity index (χ1) is 18.2. The van der Waals surface area contributed by atoms with Crippen LogP contribution < -0.4 is 5.11 Å². The molecular weight excluding hydrogens is 524 g/mol. The number of fused-ring (bicyclic) bond motifs is 4. The van der Waals surface area contributed by atoms with Crippen molar-refractivity contribution in [3.8, 4) is 0 Å². The standard InChI is InChI=1S/C29H41ClN2O7/c1-16(2)32(6)23-21(14-17(3)15-22(23)30)28(37)24(20-12-9-11-19-10-7-8-13-27(19,20)36)29(26(34)35,38-18(4)33)31(5)25(28)39-32/h9,11,14,16-17,19-20,24-25,36-37H,7-8,10,12-13,15H2,1-6H3/t17-,19-,20?,24-,25+,27+,28-,29-,32-/m0/s1. The van der Waals surface area contributed by atoms with Crippen molar-refractivity contribution in [3.63, 3.8) is 0 Å². The summed E-state index contributed by atoms with van der Waals surface area (Å²) >= 11 is 6.94. The first kappa shape index (κ1) is 28.8. The number of hydroxylamine groups is 3. The number of aliphatic carboxylic acids is 1. The molecule has 3 fully saturated rings. The molecule has 1 unspecified atom stereocenters. The summed E-state index contributed by atoms with van der Waals surface area (Å²) in [5.74, 6) is -4.86. The first-order valence-corrected chi connectivity index (χ1v) is 14.4. The number of rotatable bonds is 4. The SMILES string of the molecule is CC(=O)O[C@]1(C(=O)[O-])[C@@H](C2CC=C[C@@H]3CCCC[C@]23O)[C@@]2(O)C3=C[C@H](C)CC(Cl)=C3[N@+](C)(C(C)C)O[C@H]2N1C. The van der Waals surface area contributed by atoms with Crippen LogP contribution in [-0.4, -0.2) is 75.0 Å². The number of halogens is 1. The molecule has 0 bridgehead atoms. The number of carboxylic acid groups (broad SMARTS) is 1. The minimum atomic E-state index is -2.41. The van der Waals surface area contributed by atoms with Crippen molar-refractivity contribution in [2.75, 3.05) is 14.1 Å². The van der Waals surface area contributed by atoms with Gasteiger partial charge in [0.25, 0.3) is 0 Å².